The number of halogens is 1. The second-order valence-corrected chi connectivity index (χ2v) is 10.6. The van der Waals surface area contributed by atoms with Gasteiger partial charge in [-0.05, 0) is 60.4 Å². The summed E-state index contributed by atoms with van der Waals surface area (Å²) in [6, 6.07) is 12.9. The highest BCUT2D eigenvalue weighted by Crippen LogP contribution is 2.48. The highest BCUT2D eigenvalue weighted by atomic mass is 19.1. The molecule has 0 amide bonds. The van der Waals surface area contributed by atoms with E-state index < -0.39 is 0 Å². The largest absolute Gasteiger partial charge is 0.381 e. The van der Waals surface area contributed by atoms with Crippen LogP contribution in [0.5, 0.6) is 0 Å². The minimum atomic E-state index is -0.0925. The molecule has 0 aromatic heterocycles. The van der Waals surface area contributed by atoms with Crippen LogP contribution in [-0.2, 0) is 19.6 Å². The first-order chi connectivity index (χ1) is 16.1. The van der Waals surface area contributed by atoms with Gasteiger partial charge in [0, 0.05) is 56.6 Å². The Labute approximate surface area is 199 Å². The Morgan fingerprint density at radius 3 is 2.73 bits per heavy atom. The molecule has 1 saturated heterocycles. The molecule has 1 atom stereocenters. The summed E-state index contributed by atoms with van der Waals surface area (Å²) >= 11 is 0. The van der Waals surface area contributed by atoms with Crippen molar-refractivity contribution in [3.63, 3.8) is 0 Å². The Morgan fingerprint density at radius 2 is 2.03 bits per heavy atom. The molecule has 2 aromatic carbocycles. The fourth-order valence-electron chi connectivity index (χ4n) is 6.14. The van der Waals surface area contributed by atoms with E-state index in [1.807, 2.05) is 13.1 Å². The summed E-state index contributed by atoms with van der Waals surface area (Å²) in [7, 11) is 3.00. The summed E-state index contributed by atoms with van der Waals surface area (Å²) in [5.74, 6) is -0.0925. The van der Waals surface area contributed by atoms with Gasteiger partial charge < -0.3 is 15.4 Å². The maximum atomic E-state index is 14.9. The van der Waals surface area contributed by atoms with Crippen LogP contribution in [0, 0.1) is 11.2 Å². The molecule has 3 aliphatic rings. The topological polar surface area (TPSA) is 30.5 Å². The van der Waals surface area contributed by atoms with Crippen LogP contribution in [0.15, 0.2) is 36.4 Å². The molecule has 2 aliphatic heterocycles. The van der Waals surface area contributed by atoms with E-state index in [0.29, 0.717) is 18.0 Å². The molecular formula is C27H38BFN4. The first kappa shape index (κ1) is 22.9. The number of likely N-dealkylation sites (N-methyl/N-ethyl adjacent to an activating group) is 1. The van der Waals surface area contributed by atoms with Crippen molar-refractivity contribution in [2.75, 3.05) is 32.0 Å². The van der Waals surface area contributed by atoms with Gasteiger partial charge in [-0.2, -0.15) is 0 Å². The van der Waals surface area contributed by atoms with Gasteiger partial charge in [0.1, 0.15) is 5.82 Å². The molecule has 4 nitrogen and oxygen atoms in total. The Bertz CT molecular complexity index is 963. The number of rotatable bonds is 10. The van der Waals surface area contributed by atoms with Crippen LogP contribution in [0.4, 0.5) is 10.1 Å². The van der Waals surface area contributed by atoms with Crippen LogP contribution < -0.4 is 16.1 Å². The zero-order chi connectivity index (χ0) is 22.8. The lowest BCUT2D eigenvalue weighted by Crippen LogP contribution is -2.58. The smallest absolute Gasteiger partial charge is 0.242 e. The molecule has 2 fully saturated rings. The maximum Gasteiger partial charge on any atom is 0.242 e. The third-order valence-electron chi connectivity index (χ3n) is 8.11. The highest BCUT2D eigenvalue weighted by molar-refractivity contribution is 6.55. The van der Waals surface area contributed by atoms with Crippen molar-refractivity contribution in [1.82, 2.24) is 15.0 Å². The molecule has 1 spiro atoms. The lowest BCUT2D eigenvalue weighted by molar-refractivity contribution is -0.0645. The van der Waals surface area contributed by atoms with Crippen molar-refractivity contribution in [1.29, 1.82) is 0 Å². The van der Waals surface area contributed by atoms with Crippen LogP contribution in [0.25, 0.3) is 0 Å². The summed E-state index contributed by atoms with van der Waals surface area (Å²) < 4.78 is 14.9. The monoisotopic (exact) mass is 448 g/mol. The normalized spacial score (nSPS) is 20.1. The van der Waals surface area contributed by atoms with Gasteiger partial charge in [0.25, 0.3) is 0 Å². The second-order valence-electron chi connectivity index (χ2n) is 10.6. The second kappa shape index (κ2) is 9.77. The molecule has 2 N–H and O–H groups in total. The van der Waals surface area contributed by atoms with Gasteiger partial charge >= 0.3 is 0 Å². The van der Waals surface area contributed by atoms with Crippen molar-refractivity contribution >= 4 is 18.6 Å². The average Bonchev–Trinajstić information content (AvgIpc) is 3.19. The quantitative estimate of drug-likeness (QED) is 0.544. The summed E-state index contributed by atoms with van der Waals surface area (Å²) in [6.07, 6.45) is 6.56. The Kier molecular flexibility index (Phi) is 6.78. The SMILES string of the molecule is CCCC(CNC)N1Bc2c(cccc2NCc2ccc(CN3CC4(CCC4)C3)cc2F)C1. The fourth-order valence-corrected chi connectivity index (χ4v) is 6.14. The third-order valence-corrected chi connectivity index (χ3v) is 8.11. The zero-order valence-electron chi connectivity index (χ0n) is 20.3. The van der Waals surface area contributed by atoms with E-state index >= 15 is 0 Å². The van der Waals surface area contributed by atoms with Crippen molar-refractivity contribution in [3.05, 3.63) is 58.9 Å². The highest BCUT2D eigenvalue weighted by Gasteiger charge is 2.46. The Hall–Kier alpha value is -1.89. The molecule has 2 heterocycles. The van der Waals surface area contributed by atoms with Crippen LogP contribution in [0.2, 0.25) is 0 Å². The number of nitrogens with zero attached hydrogens (tertiary/aromatic N) is 2. The molecule has 2 aromatic rings. The summed E-state index contributed by atoms with van der Waals surface area (Å²) in [5.41, 5.74) is 6.36. The van der Waals surface area contributed by atoms with E-state index in [1.54, 1.807) is 6.07 Å². The summed E-state index contributed by atoms with van der Waals surface area (Å²) in [4.78, 5) is 5.04. The predicted molar refractivity (Wildman–Crippen MR) is 137 cm³/mol. The predicted octanol–water partition coefficient (Wildman–Crippen LogP) is 3.60. The van der Waals surface area contributed by atoms with Crippen molar-refractivity contribution in [2.45, 2.75) is 64.7 Å². The van der Waals surface area contributed by atoms with Crippen LogP contribution >= 0.6 is 0 Å². The van der Waals surface area contributed by atoms with Gasteiger partial charge in [-0.25, -0.2) is 4.39 Å². The van der Waals surface area contributed by atoms with Crippen molar-refractivity contribution in [3.8, 4) is 0 Å². The van der Waals surface area contributed by atoms with E-state index in [2.05, 4.69) is 51.5 Å². The molecule has 1 unspecified atom stereocenters. The molecule has 176 valence electrons. The van der Waals surface area contributed by atoms with Gasteiger partial charge in [0.15, 0.2) is 0 Å². The molecular weight excluding hydrogens is 410 g/mol. The van der Waals surface area contributed by atoms with Crippen LogP contribution in [-0.4, -0.2) is 49.8 Å². The third kappa shape index (κ3) is 4.84. The summed E-state index contributed by atoms with van der Waals surface area (Å²) in [5, 5.41) is 6.90. The van der Waals surface area contributed by atoms with Crippen LogP contribution in [0.1, 0.15) is 55.7 Å². The number of benzene rings is 2. The van der Waals surface area contributed by atoms with Crippen molar-refractivity contribution in [2.24, 2.45) is 5.41 Å². The summed E-state index contributed by atoms with van der Waals surface area (Å²) in [6.45, 7) is 8.05. The lowest BCUT2D eigenvalue weighted by Gasteiger charge is -2.56. The average molecular weight is 448 g/mol. The minimum absolute atomic E-state index is 0.0925. The van der Waals surface area contributed by atoms with Crippen LogP contribution in [0.3, 0.4) is 0 Å². The number of likely N-dealkylation sites (tertiary alicyclic amines) is 1. The number of nitrogens with one attached hydrogen (secondary N) is 2. The van der Waals surface area contributed by atoms with E-state index in [-0.39, 0.29) is 5.82 Å². The minimum Gasteiger partial charge on any atom is -0.381 e. The molecule has 1 saturated carbocycles. The molecule has 6 heteroatoms. The molecule has 0 bridgehead atoms. The molecule has 5 rings (SSSR count). The van der Waals surface area contributed by atoms with Gasteiger partial charge in [-0.1, -0.05) is 44.0 Å². The molecule has 1 aliphatic carbocycles. The van der Waals surface area contributed by atoms with Gasteiger partial charge in [0.2, 0.25) is 7.41 Å². The maximum absolute atomic E-state index is 14.9. The molecule has 0 radical (unpaired) electrons. The number of hydrogen-bond donors (Lipinski definition) is 2. The molecule has 33 heavy (non-hydrogen) atoms. The zero-order valence-corrected chi connectivity index (χ0v) is 20.3. The number of hydrogen-bond acceptors (Lipinski definition) is 4. The van der Waals surface area contributed by atoms with E-state index in [1.165, 1.54) is 56.2 Å². The van der Waals surface area contributed by atoms with E-state index in [0.717, 1.165) is 43.9 Å². The Balaban J connectivity index is 1.19. The van der Waals surface area contributed by atoms with E-state index in [9.17, 15) is 4.39 Å². The standard InChI is InChI=1S/C27H38BFN4/c1-3-6-23(15-30-2)33-17-22-7-4-8-25(26(22)28-33)31-14-21-10-9-20(13-24(21)29)16-32-18-27(19-32)11-5-12-27/h4,7-10,13,23,28,30-31H,3,5-6,11-12,14-19H2,1-2H3. The van der Waals surface area contributed by atoms with Gasteiger partial charge in [-0.15, -0.1) is 0 Å². The first-order valence-electron chi connectivity index (χ1n) is 12.8. The van der Waals surface area contributed by atoms with Crippen molar-refractivity contribution < 1.29 is 4.39 Å². The van der Waals surface area contributed by atoms with Gasteiger partial charge in [-0.3, -0.25) is 4.90 Å². The fraction of sp³-hybridized carbons (Fsp3) is 0.556. The Morgan fingerprint density at radius 1 is 1.18 bits per heavy atom. The lowest BCUT2D eigenvalue weighted by atomic mass is 9.63. The van der Waals surface area contributed by atoms with E-state index in [4.69, 9.17) is 0 Å². The van der Waals surface area contributed by atoms with Gasteiger partial charge in [0.05, 0.1) is 0 Å². The first-order valence-corrected chi connectivity index (χ1v) is 12.8. The number of anilines is 1. The number of fused-ring (bicyclic) bond motifs is 1.